The smallest absolute Gasteiger partial charge is 0.316 e. The van der Waals surface area contributed by atoms with Crippen LogP contribution in [0.1, 0.15) is 5.69 Å². The molecule has 1 fully saturated rings. The van der Waals surface area contributed by atoms with Crippen LogP contribution < -0.4 is 10.5 Å². The molecule has 7 nitrogen and oxygen atoms in total. The Bertz CT molecular complexity index is 1090. The minimum absolute atomic E-state index is 0.111. The summed E-state index contributed by atoms with van der Waals surface area (Å²) in [6, 6.07) is 13.4. The normalized spacial score (nSPS) is 14.9. The molecule has 3 aromatic rings. The first-order valence-corrected chi connectivity index (χ1v) is 8.74. The molecule has 0 spiro atoms. The van der Waals surface area contributed by atoms with Gasteiger partial charge in [0.05, 0.1) is 12.2 Å². The van der Waals surface area contributed by atoms with E-state index in [2.05, 4.69) is 4.98 Å². The van der Waals surface area contributed by atoms with Crippen molar-refractivity contribution in [1.82, 2.24) is 14.3 Å². The molecule has 1 saturated heterocycles. The predicted molar refractivity (Wildman–Crippen MR) is 101 cm³/mol. The molecule has 1 aliphatic rings. The molecule has 0 aliphatic carbocycles. The lowest BCUT2D eigenvalue weighted by molar-refractivity contribution is -0.146. The molecule has 136 valence electrons. The molecular weight excluding hydrogens is 368 g/mol. The van der Waals surface area contributed by atoms with Crippen molar-refractivity contribution in [3.8, 4) is 0 Å². The topological polar surface area (TPSA) is 75.0 Å². The molecule has 0 bridgehead atoms. The summed E-state index contributed by atoms with van der Waals surface area (Å²) in [6.45, 7) is 0.821. The van der Waals surface area contributed by atoms with E-state index in [1.54, 1.807) is 48.7 Å². The molecule has 27 heavy (non-hydrogen) atoms. The van der Waals surface area contributed by atoms with Crippen LogP contribution in [0.25, 0.3) is 5.65 Å². The van der Waals surface area contributed by atoms with Crippen molar-refractivity contribution in [3.63, 3.8) is 0 Å². The molecule has 0 atom stereocenters. The first-order valence-electron chi connectivity index (χ1n) is 8.36. The number of hydrogen-bond donors (Lipinski definition) is 0. The van der Waals surface area contributed by atoms with Gasteiger partial charge in [0.25, 0.3) is 5.56 Å². The second kappa shape index (κ2) is 6.85. The summed E-state index contributed by atoms with van der Waals surface area (Å²) in [6.07, 6.45) is 1.63. The van der Waals surface area contributed by atoms with Gasteiger partial charge in [0.15, 0.2) is 0 Å². The summed E-state index contributed by atoms with van der Waals surface area (Å²) in [5.74, 6) is -1.23. The number of halogens is 1. The highest BCUT2D eigenvalue weighted by atomic mass is 35.5. The zero-order valence-corrected chi connectivity index (χ0v) is 15.0. The Morgan fingerprint density at radius 2 is 1.74 bits per heavy atom. The van der Waals surface area contributed by atoms with Crippen LogP contribution in [0.3, 0.4) is 0 Å². The maximum absolute atomic E-state index is 12.5. The van der Waals surface area contributed by atoms with Gasteiger partial charge in [0.1, 0.15) is 5.65 Å². The second-order valence-corrected chi connectivity index (χ2v) is 6.61. The standard InChI is InChI=1S/C19H15ClN4O3/c20-13-4-6-15(7-5-13)23-10-9-22(18(26)19(23)27)12-14-11-17(25)24-8-2-1-3-16(24)21-14/h1-8,11H,9-10,12H2. The molecule has 4 rings (SSSR count). The number of nitrogens with zero attached hydrogens (tertiary/aromatic N) is 4. The maximum atomic E-state index is 12.5. The number of piperazine rings is 1. The summed E-state index contributed by atoms with van der Waals surface area (Å²) in [5.41, 5.74) is 1.35. The van der Waals surface area contributed by atoms with Gasteiger partial charge < -0.3 is 9.80 Å². The number of rotatable bonds is 3. The van der Waals surface area contributed by atoms with E-state index < -0.39 is 11.8 Å². The highest BCUT2D eigenvalue weighted by Crippen LogP contribution is 2.21. The van der Waals surface area contributed by atoms with E-state index in [1.165, 1.54) is 20.3 Å². The zero-order chi connectivity index (χ0) is 19.0. The summed E-state index contributed by atoms with van der Waals surface area (Å²) in [7, 11) is 0. The molecule has 0 radical (unpaired) electrons. The fraction of sp³-hybridized carbons (Fsp3) is 0.158. The Morgan fingerprint density at radius 1 is 0.963 bits per heavy atom. The van der Waals surface area contributed by atoms with Crippen molar-refractivity contribution >= 4 is 34.7 Å². The van der Waals surface area contributed by atoms with Gasteiger partial charge in [-0.05, 0) is 36.4 Å². The number of benzene rings is 1. The fourth-order valence-electron chi connectivity index (χ4n) is 3.07. The van der Waals surface area contributed by atoms with Gasteiger partial charge in [0.2, 0.25) is 0 Å². The molecule has 1 aliphatic heterocycles. The number of carbonyl (C=O) groups excluding carboxylic acids is 2. The number of hydrogen-bond acceptors (Lipinski definition) is 4. The summed E-state index contributed by atoms with van der Waals surface area (Å²) in [4.78, 5) is 44.5. The Kier molecular flexibility index (Phi) is 4.37. The van der Waals surface area contributed by atoms with Crippen LogP contribution in [0.5, 0.6) is 0 Å². The predicted octanol–water partition coefficient (Wildman–Crippen LogP) is 1.72. The molecular formula is C19H15ClN4O3. The molecule has 3 heterocycles. The Balaban J connectivity index is 1.55. The van der Waals surface area contributed by atoms with Crippen molar-refractivity contribution in [2.75, 3.05) is 18.0 Å². The average Bonchev–Trinajstić information content (AvgIpc) is 2.67. The van der Waals surface area contributed by atoms with Crippen LogP contribution in [0, 0.1) is 0 Å². The molecule has 0 unspecified atom stereocenters. The van der Waals surface area contributed by atoms with Crippen LogP contribution in [-0.2, 0) is 16.1 Å². The number of anilines is 1. The van der Waals surface area contributed by atoms with E-state index in [1.807, 2.05) is 0 Å². The third-order valence-electron chi connectivity index (χ3n) is 4.42. The number of pyridine rings is 1. The number of fused-ring (bicyclic) bond motifs is 1. The minimum atomic E-state index is -0.619. The van der Waals surface area contributed by atoms with Gasteiger partial charge >= 0.3 is 11.8 Å². The number of carbonyl (C=O) groups is 2. The largest absolute Gasteiger partial charge is 0.327 e. The monoisotopic (exact) mass is 382 g/mol. The van der Waals surface area contributed by atoms with Crippen molar-refractivity contribution in [2.24, 2.45) is 0 Å². The van der Waals surface area contributed by atoms with Crippen LogP contribution in [-0.4, -0.2) is 39.2 Å². The Morgan fingerprint density at radius 3 is 2.52 bits per heavy atom. The lowest BCUT2D eigenvalue weighted by Crippen LogP contribution is -2.54. The quantitative estimate of drug-likeness (QED) is 0.646. The van der Waals surface area contributed by atoms with Crippen LogP contribution in [0.2, 0.25) is 5.02 Å². The van der Waals surface area contributed by atoms with Gasteiger partial charge in [0, 0.05) is 36.1 Å². The van der Waals surface area contributed by atoms with Crippen LogP contribution in [0.4, 0.5) is 5.69 Å². The zero-order valence-electron chi connectivity index (χ0n) is 14.2. The highest BCUT2D eigenvalue weighted by molar-refractivity contribution is 6.41. The van der Waals surface area contributed by atoms with E-state index >= 15 is 0 Å². The lowest BCUT2D eigenvalue weighted by atomic mass is 10.2. The average molecular weight is 383 g/mol. The SMILES string of the molecule is O=C1C(=O)N(c2ccc(Cl)cc2)CCN1Cc1cc(=O)n2ccccc2n1. The van der Waals surface area contributed by atoms with Crippen LogP contribution >= 0.6 is 11.6 Å². The number of aromatic nitrogens is 2. The summed E-state index contributed by atoms with van der Waals surface area (Å²) >= 11 is 5.87. The Labute approximate surface area is 159 Å². The van der Waals surface area contributed by atoms with Crippen molar-refractivity contribution in [3.05, 3.63) is 75.8 Å². The lowest BCUT2D eigenvalue weighted by Gasteiger charge is -2.33. The molecule has 8 heteroatoms. The van der Waals surface area contributed by atoms with Gasteiger partial charge in [-0.15, -0.1) is 0 Å². The highest BCUT2D eigenvalue weighted by Gasteiger charge is 2.33. The van der Waals surface area contributed by atoms with Crippen molar-refractivity contribution < 1.29 is 9.59 Å². The third kappa shape index (κ3) is 3.29. The third-order valence-corrected chi connectivity index (χ3v) is 4.68. The van der Waals surface area contributed by atoms with Gasteiger partial charge in [-0.1, -0.05) is 17.7 Å². The summed E-state index contributed by atoms with van der Waals surface area (Å²) in [5, 5.41) is 0.560. The molecule has 2 amide bonds. The van der Waals surface area contributed by atoms with Crippen molar-refractivity contribution in [2.45, 2.75) is 6.54 Å². The molecule has 0 saturated carbocycles. The first-order chi connectivity index (χ1) is 13.0. The van der Waals surface area contributed by atoms with E-state index in [9.17, 15) is 14.4 Å². The maximum Gasteiger partial charge on any atom is 0.316 e. The van der Waals surface area contributed by atoms with E-state index in [4.69, 9.17) is 11.6 Å². The van der Waals surface area contributed by atoms with Crippen LogP contribution in [0.15, 0.2) is 59.5 Å². The summed E-state index contributed by atoms with van der Waals surface area (Å²) < 4.78 is 1.43. The Hall–Kier alpha value is -3.19. The van der Waals surface area contributed by atoms with E-state index in [-0.39, 0.29) is 12.1 Å². The van der Waals surface area contributed by atoms with Gasteiger partial charge in [-0.25, -0.2) is 4.98 Å². The van der Waals surface area contributed by atoms with E-state index in [0.717, 1.165) is 0 Å². The molecule has 1 aromatic carbocycles. The minimum Gasteiger partial charge on any atom is -0.327 e. The van der Waals surface area contributed by atoms with Crippen molar-refractivity contribution in [1.29, 1.82) is 0 Å². The molecule has 0 N–H and O–H groups in total. The number of amides is 2. The second-order valence-electron chi connectivity index (χ2n) is 6.17. The first kappa shape index (κ1) is 17.2. The van der Waals surface area contributed by atoms with Gasteiger partial charge in [-0.3, -0.25) is 18.8 Å². The van der Waals surface area contributed by atoms with Gasteiger partial charge in [-0.2, -0.15) is 0 Å². The van der Waals surface area contributed by atoms with E-state index in [0.29, 0.717) is 35.1 Å². The fourth-order valence-corrected chi connectivity index (χ4v) is 3.20. The molecule has 2 aromatic heterocycles.